The maximum absolute atomic E-state index is 14.0. The highest BCUT2D eigenvalue weighted by Crippen LogP contribution is 2.54. The fourth-order valence-corrected chi connectivity index (χ4v) is 11.1. The molecule has 0 radical (unpaired) electrons. The predicted octanol–water partition coefficient (Wildman–Crippen LogP) is 4.11. The van der Waals surface area contributed by atoms with E-state index in [4.69, 9.17) is 42.6 Å². The number of carbonyl (C=O) groups excluding carboxylic acids is 1. The molecule has 278 valence electrons. The van der Waals surface area contributed by atoms with Gasteiger partial charge in [0, 0.05) is 51.7 Å². The Morgan fingerprint density at radius 3 is 2.36 bits per heavy atom. The second kappa shape index (κ2) is 13.6. The van der Waals surface area contributed by atoms with Crippen molar-refractivity contribution in [2.75, 3.05) is 13.7 Å². The molecule has 11 heteroatoms. The molecule has 0 amide bonds. The van der Waals surface area contributed by atoms with Crippen molar-refractivity contribution >= 4 is 5.78 Å². The molecule has 1 N–H and O–H groups in total. The summed E-state index contributed by atoms with van der Waals surface area (Å²) in [5.74, 6) is -0.512. The average molecular weight is 701 g/mol. The Kier molecular flexibility index (Phi) is 9.36. The van der Waals surface area contributed by atoms with Gasteiger partial charge in [-0.2, -0.15) is 0 Å². The van der Waals surface area contributed by atoms with Crippen LogP contribution in [0.2, 0.25) is 0 Å². The maximum Gasteiger partial charge on any atom is 0.172 e. The van der Waals surface area contributed by atoms with Crippen LogP contribution in [0.4, 0.5) is 0 Å². The summed E-state index contributed by atoms with van der Waals surface area (Å²) in [5.41, 5.74) is 2.23. The van der Waals surface area contributed by atoms with Gasteiger partial charge in [-0.25, -0.2) is 0 Å². The lowest BCUT2D eigenvalue weighted by atomic mass is 9.81. The van der Waals surface area contributed by atoms with Crippen LogP contribution < -0.4 is 0 Å². The molecule has 0 aromatic heterocycles. The van der Waals surface area contributed by atoms with Crippen molar-refractivity contribution in [3.63, 3.8) is 0 Å². The van der Waals surface area contributed by atoms with Gasteiger partial charge in [-0.15, -0.1) is 0 Å². The monoisotopic (exact) mass is 700 g/mol. The maximum atomic E-state index is 14.0. The average Bonchev–Trinajstić information content (AvgIpc) is 3.76. The van der Waals surface area contributed by atoms with E-state index >= 15 is 0 Å². The molecule has 10 saturated heterocycles. The van der Waals surface area contributed by atoms with Crippen LogP contribution in [0.25, 0.3) is 0 Å². The van der Waals surface area contributed by atoms with Crippen LogP contribution in [0.1, 0.15) is 90.4 Å². The summed E-state index contributed by atoms with van der Waals surface area (Å²) in [7, 11) is 1.68. The summed E-state index contributed by atoms with van der Waals surface area (Å²) in [5, 5.41) is 9.87. The van der Waals surface area contributed by atoms with Gasteiger partial charge in [0.15, 0.2) is 5.79 Å². The van der Waals surface area contributed by atoms with Gasteiger partial charge in [0.1, 0.15) is 36.3 Å². The lowest BCUT2D eigenvalue weighted by Crippen LogP contribution is -2.61. The minimum atomic E-state index is -0.769. The molecule has 50 heavy (non-hydrogen) atoms. The molecule has 10 heterocycles. The fraction of sp³-hybridized carbons (Fsp3) is 0.872. The molecule has 0 saturated carbocycles. The second-order valence-electron chi connectivity index (χ2n) is 16.8. The first-order valence-corrected chi connectivity index (χ1v) is 19.5. The fourth-order valence-electron chi connectivity index (χ4n) is 11.1. The highest BCUT2D eigenvalue weighted by molar-refractivity contribution is 5.79. The molecule has 0 aliphatic carbocycles. The summed E-state index contributed by atoms with van der Waals surface area (Å²) in [4.78, 5) is 14.0. The van der Waals surface area contributed by atoms with E-state index < -0.39 is 5.79 Å². The predicted molar refractivity (Wildman–Crippen MR) is 178 cm³/mol. The molecule has 18 atom stereocenters. The minimum Gasteiger partial charge on any atom is -0.396 e. The van der Waals surface area contributed by atoms with Crippen LogP contribution >= 0.6 is 0 Å². The molecular weight excluding hydrogens is 644 g/mol. The van der Waals surface area contributed by atoms with E-state index in [1.165, 1.54) is 0 Å². The minimum absolute atomic E-state index is 0.00233. The summed E-state index contributed by atoms with van der Waals surface area (Å²) >= 11 is 0. The Labute approximate surface area is 295 Å². The highest BCUT2D eigenvalue weighted by Gasteiger charge is 2.68. The number of rotatable bonds is 3. The number of Topliss-reactive ketones (excluding diaryl/α,β-unsaturated/α-hetero) is 1. The molecule has 1 unspecified atom stereocenters. The Hall–Kier alpha value is -1.25. The van der Waals surface area contributed by atoms with E-state index in [9.17, 15) is 9.90 Å². The number of methoxy groups -OCH3 is 1. The first-order chi connectivity index (χ1) is 24.2. The van der Waals surface area contributed by atoms with Gasteiger partial charge in [0.2, 0.25) is 0 Å². The summed E-state index contributed by atoms with van der Waals surface area (Å²) in [6.07, 6.45) is 6.30. The second-order valence-corrected chi connectivity index (χ2v) is 16.8. The van der Waals surface area contributed by atoms with Crippen molar-refractivity contribution in [1.29, 1.82) is 0 Å². The number of hydrogen-bond acceptors (Lipinski definition) is 11. The van der Waals surface area contributed by atoms with Crippen molar-refractivity contribution < 1.29 is 52.5 Å². The van der Waals surface area contributed by atoms with Gasteiger partial charge in [-0.3, -0.25) is 4.79 Å². The van der Waals surface area contributed by atoms with Crippen LogP contribution in [0.15, 0.2) is 24.3 Å². The van der Waals surface area contributed by atoms with Crippen molar-refractivity contribution in [1.82, 2.24) is 0 Å². The zero-order chi connectivity index (χ0) is 34.3. The normalized spacial score (nSPS) is 53.3. The van der Waals surface area contributed by atoms with E-state index in [-0.39, 0.29) is 110 Å². The number of fused-ring (bicyclic) bond motifs is 6. The third-order valence-corrected chi connectivity index (χ3v) is 13.6. The van der Waals surface area contributed by atoms with Gasteiger partial charge in [0.25, 0.3) is 0 Å². The molecule has 10 aliphatic heterocycles. The van der Waals surface area contributed by atoms with E-state index in [2.05, 4.69) is 20.1 Å². The molecule has 0 aromatic carbocycles. The number of ketones is 1. The Morgan fingerprint density at radius 1 is 0.760 bits per heavy atom. The first-order valence-electron chi connectivity index (χ1n) is 19.5. The van der Waals surface area contributed by atoms with Gasteiger partial charge < -0.3 is 47.7 Å². The third kappa shape index (κ3) is 6.09. The first kappa shape index (κ1) is 34.5. The molecule has 12 bridgehead atoms. The number of aliphatic hydroxyl groups excluding tert-OH is 1. The van der Waals surface area contributed by atoms with Gasteiger partial charge in [0.05, 0.1) is 61.0 Å². The number of aliphatic hydroxyl groups is 1. The zero-order valence-corrected chi connectivity index (χ0v) is 29.7. The van der Waals surface area contributed by atoms with E-state index in [0.29, 0.717) is 44.4 Å². The van der Waals surface area contributed by atoms with Crippen LogP contribution in [0, 0.1) is 11.8 Å². The standard InChI is InChI=1S/C39H56O11/c1-19-13-23-5-7-27-20(2)14-25(43-27)9-11-39-18-32-35(49-39)36-37(48-32)38(50-39)34-28(47-36)8-6-24(45-34)15-22(41)16-26-31(17-30(44-23)21(19)3)46-29(10-12-40)33(26)42-4/h19,23-38,40H,2-3,5-18H2,1,4H3/t19-,23+,24-,25+,26+,27+,28+,29-,30-,31+,32+,33-,34+,35+,36?,37-,38+,39+/m1/s1. The Morgan fingerprint density at radius 2 is 1.52 bits per heavy atom. The summed E-state index contributed by atoms with van der Waals surface area (Å²) < 4.78 is 59.8. The van der Waals surface area contributed by atoms with Crippen molar-refractivity contribution in [2.45, 2.75) is 188 Å². The largest absolute Gasteiger partial charge is 0.396 e. The summed E-state index contributed by atoms with van der Waals surface area (Å²) in [6, 6.07) is 0. The molecule has 1 spiro atoms. The van der Waals surface area contributed by atoms with E-state index in [1.54, 1.807) is 7.11 Å². The molecule has 10 rings (SSSR count). The van der Waals surface area contributed by atoms with Crippen LogP contribution in [0.5, 0.6) is 0 Å². The Balaban J connectivity index is 0.994. The molecule has 11 nitrogen and oxygen atoms in total. The van der Waals surface area contributed by atoms with Crippen LogP contribution in [-0.4, -0.2) is 122 Å². The smallest absolute Gasteiger partial charge is 0.172 e. The number of ether oxygens (including phenoxy) is 9. The van der Waals surface area contributed by atoms with Crippen molar-refractivity contribution in [3.8, 4) is 0 Å². The zero-order valence-electron chi connectivity index (χ0n) is 29.7. The molecule has 0 aromatic rings. The highest BCUT2D eigenvalue weighted by atomic mass is 16.8. The number of hydrogen-bond donors (Lipinski definition) is 1. The Bertz CT molecular complexity index is 1320. The van der Waals surface area contributed by atoms with Crippen LogP contribution in [-0.2, 0) is 47.4 Å². The van der Waals surface area contributed by atoms with Crippen molar-refractivity contribution in [2.24, 2.45) is 11.8 Å². The van der Waals surface area contributed by atoms with E-state index in [0.717, 1.165) is 56.1 Å². The molecular formula is C39H56O11. The third-order valence-electron chi connectivity index (χ3n) is 13.6. The topological polar surface area (TPSA) is 120 Å². The number of carbonyl (C=O) groups is 1. The SMILES string of the molecule is C=C1C[C@@H]2CC[C@@]34C[C@@H]5O[C@@H]6C(O[C@H]7CC[C@H](CC(=O)C[C@@H]8[C@@H](OC)[C@@H](CCO)O[C@H]8C[C@H]8O[C@@H](CC[C@@H]1O2)C[C@@H](C)C8=C)O[C@@H]7[C@@H]6O3)[C@H]5O4. The molecule has 10 fully saturated rings. The van der Waals surface area contributed by atoms with Gasteiger partial charge in [-0.05, 0) is 68.4 Å². The van der Waals surface area contributed by atoms with Crippen molar-refractivity contribution in [3.05, 3.63) is 24.3 Å². The van der Waals surface area contributed by atoms with Crippen LogP contribution in [0.3, 0.4) is 0 Å². The lowest BCUT2D eigenvalue weighted by molar-refractivity contribution is -0.292. The van der Waals surface area contributed by atoms with Gasteiger partial charge >= 0.3 is 0 Å². The quantitative estimate of drug-likeness (QED) is 0.429. The molecule has 10 aliphatic rings. The summed E-state index contributed by atoms with van der Waals surface area (Å²) in [6.45, 7) is 11.1. The van der Waals surface area contributed by atoms with Gasteiger partial charge in [-0.1, -0.05) is 20.1 Å². The lowest BCUT2D eigenvalue weighted by Gasteiger charge is -2.47. The van der Waals surface area contributed by atoms with E-state index in [1.807, 2.05) is 0 Å².